The van der Waals surface area contributed by atoms with Crippen LogP contribution in [0.5, 0.6) is 11.5 Å². The van der Waals surface area contributed by atoms with Crippen LogP contribution in [0.15, 0.2) is 48.5 Å². The number of quaternary nitrogens is 2. The molecule has 0 aliphatic carbocycles. The van der Waals surface area contributed by atoms with Crippen molar-refractivity contribution < 1.29 is 81.1 Å². The summed E-state index contributed by atoms with van der Waals surface area (Å²) in [5.74, 6) is 1.51. The Hall–Kier alpha value is -2.80. The van der Waals surface area contributed by atoms with Crippen molar-refractivity contribution in [2.24, 2.45) is 11.8 Å². The quantitative estimate of drug-likeness (QED) is 0.0905. The highest BCUT2D eigenvalue weighted by molar-refractivity contribution is 5.72. The zero-order chi connectivity index (χ0) is 38.0. The summed E-state index contributed by atoms with van der Waals surface area (Å²) in [7, 11) is 0. The Morgan fingerprint density at radius 1 is 0.518 bits per heavy atom. The van der Waals surface area contributed by atoms with Crippen molar-refractivity contribution in [3.8, 4) is 11.5 Å². The fourth-order valence-corrected chi connectivity index (χ4v) is 9.36. The number of rotatable bonds is 19. The summed E-state index contributed by atoms with van der Waals surface area (Å²) in [6.07, 6.45) is 11.8. The predicted octanol–water partition coefficient (Wildman–Crippen LogP) is 1.45. The number of nitrogens with zero attached hydrogens (tertiary/aromatic N) is 2. The molecular formula is C44H62Br2N2O8. The Bertz CT molecular complexity index is 1450. The molecule has 12 heteroatoms. The number of benzene rings is 2. The first-order valence-corrected chi connectivity index (χ1v) is 20.8. The third-order valence-corrected chi connectivity index (χ3v) is 12.6. The average Bonchev–Trinajstić information content (AvgIpc) is 3.18. The molecule has 10 nitrogen and oxygen atoms in total. The average molecular weight is 907 g/mol. The van der Waals surface area contributed by atoms with Gasteiger partial charge in [0.25, 0.3) is 0 Å². The van der Waals surface area contributed by atoms with Gasteiger partial charge in [-0.05, 0) is 61.4 Å². The van der Waals surface area contributed by atoms with E-state index in [0.717, 1.165) is 126 Å². The van der Waals surface area contributed by atoms with Crippen LogP contribution in [-0.2, 0) is 41.7 Å². The standard InChI is InChI=1S/C44H62N2O8.2BrH/c1-3-41(47)51-37-17-13-33(14-18-37)29-45-25-21-35(22-26-45)39(31-45)53-43(49)11-9-7-5-6-8-10-12-44(50)54-40-32-46(27-23-36(40)24-28-46)30-34-15-19-38(20-16-34)52-42(48)4-2;;/h13-20,35-36,39-40H,3-12,21-32H2,1-2H3;2*1H/q+2;;/p-2. The largest absolute Gasteiger partial charge is 1.00 e. The second kappa shape index (κ2) is 21.8. The first-order valence-electron chi connectivity index (χ1n) is 20.8. The summed E-state index contributed by atoms with van der Waals surface area (Å²) in [4.78, 5) is 48.9. The van der Waals surface area contributed by atoms with Crippen molar-refractivity contribution in [1.29, 1.82) is 0 Å². The van der Waals surface area contributed by atoms with Gasteiger partial charge in [-0.2, -0.15) is 0 Å². The highest BCUT2D eigenvalue weighted by Gasteiger charge is 2.48. The van der Waals surface area contributed by atoms with Crippen LogP contribution in [0.4, 0.5) is 0 Å². The number of halogens is 2. The highest BCUT2D eigenvalue weighted by atomic mass is 79.9. The molecule has 0 N–H and O–H groups in total. The molecular weight excluding hydrogens is 844 g/mol. The van der Waals surface area contributed by atoms with Gasteiger partial charge < -0.3 is 61.9 Å². The van der Waals surface area contributed by atoms with E-state index in [1.807, 2.05) is 48.5 Å². The van der Waals surface area contributed by atoms with Crippen LogP contribution in [0, 0.1) is 11.8 Å². The minimum absolute atomic E-state index is 0. The van der Waals surface area contributed by atoms with Gasteiger partial charge >= 0.3 is 23.9 Å². The molecule has 56 heavy (non-hydrogen) atoms. The molecule has 0 spiro atoms. The molecule has 2 atom stereocenters. The van der Waals surface area contributed by atoms with Gasteiger partial charge in [-0.25, -0.2) is 0 Å². The maximum absolute atomic E-state index is 12.8. The zero-order valence-electron chi connectivity index (χ0n) is 33.4. The Labute approximate surface area is 354 Å². The molecule has 2 aromatic rings. The van der Waals surface area contributed by atoms with Gasteiger partial charge in [0.05, 0.1) is 26.2 Å². The van der Waals surface area contributed by atoms with Crippen LogP contribution in [0.1, 0.15) is 115 Å². The van der Waals surface area contributed by atoms with Crippen molar-refractivity contribution in [3.05, 3.63) is 59.7 Å². The monoisotopic (exact) mass is 904 g/mol. The summed E-state index contributed by atoms with van der Waals surface area (Å²) in [6.45, 7) is 11.6. The van der Waals surface area contributed by atoms with Gasteiger partial charge in [0.2, 0.25) is 0 Å². The van der Waals surface area contributed by atoms with Crippen LogP contribution in [-0.4, -0.2) is 84.3 Å². The van der Waals surface area contributed by atoms with Gasteiger partial charge in [0.1, 0.15) is 37.7 Å². The van der Waals surface area contributed by atoms with Gasteiger partial charge in [-0.3, -0.25) is 19.2 Å². The SMILES string of the molecule is CCC(=O)Oc1ccc(C[N+]23CCC(CC2)C(OC(=O)CCCCCCCCC(=O)OC2C[N+]4(Cc5ccc(OC(=O)CC)cc5)CCC2CC4)C3)cc1.[Br-].[Br-]. The maximum atomic E-state index is 12.8. The molecule has 6 heterocycles. The van der Waals surface area contributed by atoms with Crippen molar-refractivity contribution >= 4 is 23.9 Å². The number of hydrogen-bond acceptors (Lipinski definition) is 8. The first-order chi connectivity index (χ1) is 26.1. The number of fused-ring (bicyclic) bond motifs is 6. The van der Waals surface area contributed by atoms with E-state index in [1.54, 1.807) is 13.8 Å². The van der Waals surface area contributed by atoms with Crippen LogP contribution < -0.4 is 43.4 Å². The van der Waals surface area contributed by atoms with Crippen molar-refractivity contribution in [2.75, 3.05) is 39.3 Å². The highest BCUT2D eigenvalue weighted by Crippen LogP contribution is 2.39. The summed E-state index contributed by atoms with van der Waals surface area (Å²) in [5, 5.41) is 0. The number of esters is 4. The van der Waals surface area contributed by atoms with E-state index < -0.39 is 0 Å². The number of piperidine rings is 6. The summed E-state index contributed by atoms with van der Waals surface area (Å²) in [5.41, 5.74) is 2.43. The molecule has 6 fully saturated rings. The number of carbonyl (C=O) groups excluding carboxylic acids is 4. The molecule has 0 saturated carbocycles. The van der Waals surface area contributed by atoms with E-state index in [9.17, 15) is 19.2 Å². The molecule has 2 unspecified atom stereocenters. The van der Waals surface area contributed by atoms with Gasteiger partial charge in [0, 0.05) is 74.3 Å². The van der Waals surface area contributed by atoms with Crippen LogP contribution in [0.3, 0.4) is 0 Å². The minimum Gasteiger partial charge on any atom is -1.00 e. The zero-order valence-corrected chi connectivity index (χ0v) is 36.6. The molecule has 4 bridgehead atoms. The number of unbranched alkanes of at least 4 members (excludes halogenated alkanes) is 5. The van der Waals surface area contributed by atoms with Gasteiger partial charge in [-0.1, -0.05) is 39.5 Å². The Kier molecular flexibility index (Phi) is 17.9. The molecule has 0 amide bonds. The van der Waals surface area contributed by atoms with E-state index >= 15 is 0 Å². The lowest BCUT2D eigenvalue weighted by Crippen LogP contribution is -3.00. The van der Waals surface area contributed by atoms with Crippen LogP contribution in [0.2, 0.25) is 0 Å². The van der Waals surface area contributed by atoms with Crippen LogP contribution in [0.25, 0.3) is 0 Å². The van der Waals surface area contributed by atoms with Crippen molar-refractivity contribution in [2.45, 2.75) is 129 Å². The van der Waals surface area contributed by atoms with E-state index in [2.05, 4.69) is 0 Å². The third kappa shape index (κ3) is 12.9. The lowest BCUT2D eigenvalue weighted by molar-refractivity contribution is -0.958. The van der Waals surface area contributed by atoms with Crippen molar-refractivity contribution in [1.82, 2.24) is 0 Å². The molecule has 6 aliphatic heterocycles. The van der Waals surface area contributed by atoms with E-state index in [1.165, 1.54) is 11.1 Å². The minimum atomic E-state index is -0.229. The summed E-state index contributed by atoms with van der Waals surface area (Å²) < 4.78 is 24.7. The fraction of sp³-hybridized carbons (Fsp3) is 0.636. The van der Waals surface area contributed by atoms with E-state index in [-0.39, 0.29) is 70.0 Å². The number of carbonyl (C=O) groups is 4. The predicted molar refractivity (Wildman–Crippen MR) is 204 cm³/mol. The van der Waals surface area contributed by atoms with E-state index in [4.69, 9.17) is 18.9 Å². The molecule has 310 valence electrons. The molecule has 6 aliphatic rings. The molecule has 6 saturated heterocycles. The second-order valence-corrected chi connectivity index (χ2v) is 16.6. The maximum Gasteiger partial charge on any atom is 0.310 e. The Morgan fingerprint density at radius 3 is 1.20 bits per heavy atom. The third-order valence-electron chi connectivity index (χ3n) is 12.6. The van der Waals surface area contributed by atoms with Gasteiger partial charge in [-0.15, -0.1) is 0 Å². The second-order valence-electron chi connectivity index (χ2n) is 16.6. The normalized spacial score (nSPS) is 26.0. The lowest BCUT2D eigenvalue weighted by atomic mass is 9.82. The van der Waals surface area contributed by atoms with Gasteiger partial charge in [0.15, 0.2) is 12.2 Å². The van der Waals surface area contributed by atoms with Crippen molar-refractivity contribution in [3.63, 3.8) is 0 Å². The first kappa shape index (κ1) is 45.9. The molecule has 2 aromatic carbocycles. The molecule has 8 rings (SSSR count). The smallest absolute Gasteiger partial charge is 0.310 e. The summed E-state index contributed by atoms with van der Waals surface area (Å²) in [6, 6.07) is 15.7. The molecule has 0 aromatic heterocycles. The number of ether oxygens (including phenoxy) is 4. The Balaban J connectivity index is 0.00000348. The topological polar surface area (TPSA) is 105 Å². The Morgan fingerprint density at radius 2 is 0.857 bits per heavy atom. The summed E-state index contributed by atoms with van der Waals surface area (Å²) >= 11 is 0. The van der Waals surface area contributed by atoms with Crippen LogP contribution >= 0.6 is 0 Å². The number of hydrogen-bond donors (Lipinski definition) is 0. The lowest BCUT2D eigenvalue weighted by Gasteiger charge is -2.52. The molecule has 0 radical (unpaired) electrons. The fourth-order valence-electron chi connectivity index (χ4n) is 9.36. The van der Waals surface area contributed by atoms with E-state index in [0.29, 0.717) is 49.0 Å².